The number of hydrogen-bond acceptors (Lipinski definition) is 2. The third-order valence-corrected chi connectivity index (χ3v) is 3.10. The normalized spacial score (nSPS) is 17.8. The summed E-state index contributed by atoms with van der Waals surface area (Å²) >= 11 is 5.72. The van der Waals surface area contributed by atoms with Gasteiger partial charge < -0.3 is 0 Å². The second-order valence-corrected chi connectivity index (χ2v) is 4.48. The number of rotatable bonds is 4. The maximum atomic E-state index is 13.0. The van der Waals surface area contributed by atoms with Gasteiger partial charge in [0.05, 0.1) is 5.02 Å². The van der Waals surface area contributed by atoms with Crippen molar-refractivity contribution in [3.05, 3.63) is 34.6 Å². The van der Waals surface area contributed by atoms with Crippen LogP contribution in [0.5, 0.6) is 0 Å². The zero-order chi connectivity index (χ0) is 10.8. The number of hydrazine groups is 1. The number of hydrogen-bond donors (Lipinski definition) is 2. The molecule has 0 bridgehead atoms. The minimum Gasteiger partial charge on any atom is -0.271 e. The van der Waals surface area contributed by atoms with Crippen LogP contribution in [0.25, 0.3) is 0 Å². The first kappa shape index (κ1) is 10.9. The summed E-state index contributed by atoms with van der Waals surface area (Å²) in [4.78, 5) is 0. The number of nitrogens with one attached hydrogen (secondary N) is 1. The number of halogens is 2. The molecule has 1 aliphatic carbocycles. The van der Waals surface area contributed by atoms with Gasteiger partial charge in [-0.15, -0.1) is 0 Å². The highest BCUT2D eigenvalue weighted by atomic mass is 35.5. The van der Waals surface area contributed by atoms with Crippen molar-refractivity contribution < 1.29 is 4.39 Å². The molecular weight excluding hydrogens is 215 g/mol. The molecule has 0 saturated heterocycles. The van der Waals surface area contributed by atoms with E-state index in [2.05, 4.69) is 5.43 Å². The van der Waals surface area contributed by atoms with Gasteiger partial charge in [-0.1, -0.05) is 30.5 Å². The highest BCUT2D eigenvalue weighted by Crippen LogP contribution is 2.37. The molecule has 0 spiro atoms. The Morgan fingerprint density at radius 3 is 2.80 bits per heavy atom. The zero-order valence-corrected chi connectivity index (χ0v) is 9.10. The van der Waals surface area contributed by atoms with E-state index in [-0.39, 0.29) is 16.9 Å². The van der Waals surface area contributed by atoms with E-state index in [0.717, 1.165) is 17.9 Å². The van der Waals surface area contributed by atoms with Crippen LogP contribution in [0.4, 0.5) is 4.39 Å². The first-order chi connectivity index (χ1) is 7.20. The molecule has 0 aromatic heterocycles. The minimum absolute atomic E-state index is 0.0793. The fourth-order valence-corrected chi connectivity index (χ4v) is 1.91. The van der Waals surface area contributed by atoms with Crippen molar-refractivity contribution >= 4 is 11.6 Å². The van der Waals surface area contributed by atoms with Crippen LogP contribution in [0.15, 0.2) is 18.2 Å². The van der Waals surface area contributed by atoms with Crippen molar-refractivity contribution in [2.45, 2.75) is 25.3 Å². The zero-order valence-electron chi connectivity index (χ0n) is 8.34. The van der Waals surface area contributed by atoms with E-state index < -0.39 is 0 Å². The van der Waals surface area contributed by atoms with Crippen molar-refractivity contribution in [3.8, 4) is 0 Å². The molecule has 82 valence electrons. The van der Waals surface area contributed by atoms with Crippen molar-refractivity contribution in [2.75, 3.05) is 0 Å². The van der Waals surface area contributed by atoms with E-state index in [9.17, 15) is 4.39 Å². The highest BCUT2D eigenvalue weighted by Gasteiger charge is 2.25. The van der Waals surface area contributed by atoms with Gasteiger partial charge in [0.2, 0.25) is 0 Å². The number of benzene rings is 1. The van der Waals surface area contributed by atoms with Gasteiger partial charge >= 0.3 is 0 Å². The molecule has 1 atom stereocenters. The van der Waals surface area contributed by atoms with E-state index in [1.807, 2.05) is 0 Å². The van der Waals surface area contributed by atoms with Crippen LogP contribution in [-0.2, 0) is 0 Å². The third kappa shape index (κ3) is 2.68. The Hall–Kier alpha value is -0.640. The van der Waals surface area contributed by atoms with Gasteiger partial charge in [0.15, 0.2) is 0 Å². The van der Waals surface area contributed by atoms with Crippen LogP contribution in [0, 0.1) is 11.7 Å². The minimum atomic E-state index is -0.386. The molecule has 2 nitrogen and oxygen atoms in total. The predicted molar refractivity (Wildman–Crippen MR) is 58.8 cm³/mol. The summed E-state index contributed by atoms with van der Waals surface area (Å²) in [7, 11) is 0. The molecule has 1 fully saturated rings. The van der Waals surface area contributed by atoms with Gasteiger partial charge in [-0.25, -0.2) is 4.39 Å². The monoisotopic (exact) mass is 228 g/mol. The standard InChI is InChI=1S/C11H14ClFN2/c12-9-6-8(3-4-10(9)13)11(15-14)5-7-1-2-7/h3-4,6-7,11,15H,1-2,5,14H2. The Labute approximate surface area is 93.6 Å². The van der Waals surface area contributed by atoms with Crippen LogP contribution < -0.4 is 11.3 Å². The molecule has 1 aromatic carbocycles. The average Bonchev–Trinajstić information content (AvgIpc) is 3.02. The van der Waals surface area contributed by atoms with Gasteiger partial charge in [0.1, 0.15) is 5.82 Å². The van der Waals surface area contributed by atoms with Gasteiger partial charge in [0.25, 0.3) is 0 Å². The van der Waals surface area contributed by atoms with Crippen molar-refractivity contribution in [1.82, 2.24) is 5.43 Å². The summed E-state index contributed by atoms with van der Waals surface area (Å²) in [5.74, 6) is 5.85. The summed E-state index contributed by atoms with van der Waals surface area (Å²) in [6, 6.07) is 4.84. The van der Waals surface area contributed by atoms with Crippen LogP contribution >= 0.6 is 11.6 Å². The average molecular weight is 229 g/mol. The first-order valence-corrected chi connectivity index (χ1v) is 5.49. The molecule has 15 heavy (non-hydrogen) atoms. The molecule has 1 saturated carbocycles. The Morgan fingerprint density at radius 2 is 2.27 bits per heavy atom. The molecule has 0 radical (unpaired) electrons. The fourth-order valence-electron chi connectivity index (χ4n) is 1.72. The summed E-state index contributed by atoms with van der Waals surface area (Å²) in [5, 5.41) is 0.156. The van der Waals surface area contributed by atoms with Crippen LogP contribution in [-0.4, -0.2) is 0 Å². The van der Waals surface area contributed by atoms with E-state index in [1.54, 1.807) is 12.1 Å². The molecular formula is C11H14ClFN2. The Morgan fingerprint density at radius 1 is 1.53 bits per heavy atom. The molecule has 0 aliphatic heterocycles. The maximum absolute atomic E-state index is 13.0. The lowest BCUT2D eigenvalue weighted by Crippen LogP contribution is -2.28. The smallest absolute Gasteiger partial charge is 0.141 e. The van der Waals surface area contributed by atoms with Crippen LogP contribution in [0.1, 0.15) is 30.9 Å². The molecule has 2 rings (SSSR count). The van der Waals surface area contributed by atoms with Gasteiger partial charge in [-0.2, -0.15) is 0 Å². The topological polar surface area (TPSA) is 38.0 Å². The first-order valence-electron chi connectivity index (χ1n) is 5.12. The third-order valence-electron chi connectivity index (χ3n) is 2.81. The second-order valence-electron chi connectivity index (χ2n) is 4.07. The molecule has 3 N–H and O–H groups in total. The molecule has 0 heterocycles. The molecule has 0 amide bonds. The summed E-state index contributed by atoms with van der Waals surface area (Å²) in [6.07, 6.45) is 3.54. The Kier molecular flexibility index (Phi) is 3.24. The van der Waals surface area contributed by atoms with E-state index in [0.29, 0.717) is 0 Å². The molecule has 1 unspecified atom stereocenters. The Balaban J connectivity index is 2.13. The maximum Gasteiger partial charge on any atom is 0.141 e. The fraction of sp³-hybridized carbons (Fsp3) is 0.455. The SMILES string of the molecule is NNC(CC1CC1)c1ccc(F)c(Cl)c1. The van der Waals surface area contributed by atoms with Crippen molar-refractivity contribution in [3.63, 3.8) is 0 Å². The summed E-state index contributed by atoms with van der Waals surface area (Å²) in [5.41, 5.74) is 3.71. The molecule has 1 aromatic rings. The van der Waals surface area contributed by atoms with Crippen LogP contribution in [0.3, 0.4) is 0 Å². The van der Waals surface area contributed by atoms with Crippen LogP contribution in [0.2, 0.25) is 5.02 Å². The lowest BCUT2D eigenvalue weighted by Gasteiger charge is -2.16. The van der Waals surface area contributed by atoms with Gasteiger partial charge in [-0.3, -0.25) is 11.3 Å². The van der Waals surface area contributed by atoms with Gasteiger partial charge in [0, 0.05) is 6.04 Å². The van der Waals surface area contributed by atoms with Crippen molar-refractivity contribution in [1.29, 1.82) is 0 Å². The van der Waals surface area contributed by atoms with E-state index >= 15 is 0 Å². The quantitative estimate of drug-likeness (QED) is 0.614. The lowest BCUT2D eigenvalue weighted by atomic mass is 10.0. The largest absolute Gasteiger partial charge is 0.271 e. The Bertz CT molecular complexity index is 352. The molecule has 4 heteroatoms. The molecule has 1 aliphatic rings. The summed E-state index contributed by atoms with van der Waals surface area (Å²) in [6.45, 7) is 0. The second kappa shape index (κ2) is 4.47. The van der Waals surface area contributed by atoms with Crippen molar-refractivity contribution in [2.24, 2.45) is 11.8 Å². The van der Waals surface area contributed by atoms with Gasteiger partial charge in [-0.05, 0) is 30.0 Å². The van der Waals surface area contributed by atoms with E-state index in [1.165, 1.54) is 18.9 Å². The predicted octanol–water partition coefficient (Wildman–Crippen LogP) is 2.78. The van der Waals surface area contributed by atoms with E-state index in [4.69, 9.17) is 17.4 Å². The highest BCUT2D eigenvalue weighted by molar-refractivity contribution is 6.30. The number of nitrogens with two attached hydrogens (primary N) is 1. The lowest BCUT2D eigenvalue weighted by molar-refractivity contribution is 0.486. The summed E-state index contributed by atoms with van der Waals surface area (Å²) < 4.78 is 13.0.